The molecule has 0 spiro atoms. The van der Waals surface area contributed by atoms with Crippen molar-refractivity contribution in [1.82, 2.24) is 19.4 Å². The molecule has 0 saturated heterocycles. The third kappa shape index (κ3) is 5.59. The standard InChI is InChI=1S/C21H20F4N4O2/c1-13(2)29(20(30)19-11-28(3)12-27-19)10-14-6-7-26-18(8-14)16-9-15(4-5-17(16)22)31-21(23,24)25/h4-9,11-13H,10H2,1-3H3. The molecule has 0 aliphatic rings. The lowest BCUT2D eigenvalue weighted by Crippen LogP contribution is -2.36. The molecule has 0 saturated carbocycles. The van der Waals surface area contributed by atoms with Gasteiger partial charge in [-0.2, -0.15) is 0 Å². The SMILES string of the molecule is CC(C)N(Cc1ccnc(-c2cc(OC(F)(F)F)ccc2F)c1)C(=O)c1cn(C)cn1. The predicted molar refractivity (Wildman–Crippen MR) is 105 cm³/mol. The number of hydrogen-bond acceptors (Lipinski definition) is 4. The Bertz CT molecular complexity index is 1080. The van der Waals surface area contributed by atoms with Crippen LogP contribution in [0.1, 0.15) is 29.9 Å². The molecule has 0 atom stereocenters. The maximum Gasteiger partial charge on any atom is 0.573 e. The van der Waals surface area contributed by atoms with Crippen molar-refractivity contribution in [1.29, 1.82) is 0 Å². The van der Waals surface area contributed by atoms with E-state index in [1.807, 2.05) is 13.8 Å². The molecule has 3 rings (SSSR count). The molecule has 0 aliphatic carbocycles. The number of ether oxygens (including phenoxy) is 1. The van der Waals surface area contributed by atoms with Crippen molar-refractivity contribution in [3.63, 3.8) is 0 Å². The van der Waals surface area contributed by atoms with Gasteiger partial charge in [0.15, 0.2) is 0 Å². The summed E-state index contributed by atoms with van der Waals surface area (Å²) in [4.78, 5) is 22.6. The first-order valence-electron chi connectivity index (χ1n) is 9.33. The fourth-order valence-electron chi connectivity index (χ4n) is 2.97. The van der Waals surface area contributed by atoms with Gasteiger partial charge in [-0.1, -0.05) is 0 Å². The smallest absolute Gasteiger partial charge is 0.406 e. The fourth-order valence-corrected chi connectivity index (χ4v) is 2.97. The molecule has 2 aromatic heterocycles. The molecule has 164 valence electrons. The average Bonchev–Trinajstić information content (AvgIpc) is 3.12. The summed E-state index contributed by atoms with van der Waals surface area (Å²) >= 11 is 0. The van der Waals surface area contributed by atoms with Crippen LogP contribution in [0.4, 0.5) is 17.6 Å². The Hall–Kier alpha value is -3.43. The van der Waals surface area contributed by atoms with Gasteiger partial charge in [0.25, 0.3) is 5.91 Å². The predicted octanol–water partition coefficient (Wildman–Crippen LogP) is 4.57. The molecule has 0 radical (unpaired) electrons. The van der Waals surface area contributed by atoms with Crippen LogP contribution in [0.25, 0.3) is 11.3 Å². The number of nitrogens with zero attached hydrogens (tertiary/aromatic N) is 4. The van der Waals surface area contributed by atoms with Gasteiger partial charge >= 0.3 is 6.36 Å². The number of halogens is 4. The summed E-state index contributed by atoms with van der Waals surface area (Å²) in [5, 5.41) is 0. The van der Waals surface area contributed by atoms with Crippen LogP contribution in [0, 0.1) is 5.82 Å². The first-order chi connectivity index (χ1) is 14.5. The summed E-state index contributed by atoms with van der Waals surface area (Å²) in [5.41, 5.74) is 0.894. The zero-order chi connectivity index (χ0) is 22.8. The number of alkyl halides is 3. The van der Waals surface area contributed by atoms with E-state index in [0.717, 1.165) is 18.2 Å². The number of aryl methyl sites for hydroxylation is 1. The number of carbonyl (C=O) groups excluding carboxylic acids is 1. The quantitative estimate of drug-likeness (QED) is 0.531. The Balaban J connectivity index is 1.89. The molecule has 6 nitrogen and oxygen atoms in total. The third-order valence-electron chi connectivity index (χ3n) is 4.43. The number of benzene rings is 1. The highest BCUT2D eigenvalue weighted by Crippen LogP contribution is 2.30. The van der Waals surface area contributed by atoms with E-state index in [0.29, 0.717) is 5.56 Å². The zero-order valence-electron chi connectivity index (χ0n) is 17.0. The van der Waals surface area contributed by atoms with Gasteiger partial charge in [-0.25, -0.2) is 9.37 Å². The topological polar surface area (TPSA) is 60.3 Å². The third-order valence-corrected chi connectivity index (χ3v) is 4.43. The molecular formula is C21H20F4N4O2. The van der Waals surface area contributed by atoms with Gasteiger partial charge in [0, 0.05) is 37.6 Å². The summed E-state index contributed by atoms with van der Waals surface area (Å²) in [6.45, 7) is 3.88. The van der Waals surface area contributed by atoms with Crippen LogP contribution in [0.15, 0.2) is 49.1 Å². The molecule has 1 amide bonds. The molecule has 0 fully saturated rings. The van der Waals surface area contributed by atoms with Crippen LogP contribution >= 0.6 is 0 Å². The minimum Gasteiger partial charge on any atom is -0.406 e. The zero-order valence-corrected chi connectivity index (χ0v) is 17.0. The second-order valence-corrected chi connectivity index (χ2v) is 7.19. The molecule has 3 aromatic rings. The van der Waals surface area contributed by atoms with Crippen LogP contribution in [-0.4, -0.2) is 37.7 Å². The highest BCUT2D eigenvalue weighted by molar-refractivity contribution is 5.92. The maximum absolute atomic E-state index is 14.3. The van der Waals surface area contributed by atoms with Crippen LogP contribution < -0.4 is 4.74 Å². The second-order valence-electron chi connectivity index (χ2n) is 7.19. The largest absolute Gasteiger partial charge is 0.573 e. The van der Waals surface area contributed by atoms with Crippen LogP contribution in [0.3, 0.4) is 0 Å². The molecule has 0 aliphatic heterocycles. The summed E-state index contributed by atoms with van der Waals surface area (Å²) in [6.07, 6.45) is -0.356. The van der Waals surface area contributed by atoms with Gasteiger partial charge < -0.3 is 14.2 Å². The number of rotatable bonds is 6. The molecular weight excluding hydrogens is 416 g/mol. The molecule has 31 heavy (non-hydrogen) atoms. The summed E-state index contributed by atoms with van der Waals surface area (Å²) in [6, 6.07) is 5.73. The van der Waals surface area contributed by atoms with Gasteiger partial charge in [-0.3, -0.25) is 9.78 Å². The van der Waals surface area contributed by atoms with E-state index in [9.17, 15) is 22.4 Å². The van der Waals surface area contributed by atoms with E-state index < -0.39 is 17.9 Å². The van der Waals surface area contributed by atoms with Crippen LogP contribution in [0.5, 0.6) is 5.75 Å². The molecule has 10 heteroatoms. The Morgan fingerprint density at radius 3 is 2.55 bits per heavy atom. The van der Waals surface area contributed by atoms with Crippen molar-refractivity contribution in [2.45, 2.75) is 32.8 Å². The van der Waals surface area contributed by atoms with Gasteiger partial charge in [-0.05, 0) is 49.7 Å². The normalized spacial score (nSPS) is 11.6. The van der Waals surface area contributed by atoms with Crippen molar-refractivity contribution >= 4 is 5.91 Å². The van der Waals surface area contributed by atoms with Gasteiger partial charge in [0.2, 0.25) is 0 Å². The van der Waals surface area contributed by atoms with Gasteiger partial charge in [0.05, 0.1) is 12.0 Å². The van der Waals surface area contributed by atoms with Crippen molar-refractivity contribution in [3.8, 4) is 17.0 Å². The summed E-state index contributed by atoms with van der Waals surface area (Å²) in [7, 11) is 1.75. The highest BCUT2D eigenvalue weighted by atomic mass is 19.4. The Morgan fingerprint density at radius 2 is 1.94 bits per heavy atom. The minimum atomic E-state index is -4.89. The van der Waals surface area contributed by atoms with Crippen LogP contribution in [0.2, 0.25) is 0 Å². The number of imidazole rings is 1. The second kappa shape index (κ2) is 8.75. The number of pyridine rings is 1. The minimum absolute atomic E-state index is 0.122. The van der Waals surface area contributed by atoms with E-state index in [1.54, 1.807) is 28.8 Å². The summed E-state index contributed by atoms with van der Waals surface area (Å²) < 4.78 is 57.3. The van der Waals surface area contributed by atoms with E-state index in [1.165, 1.54) is 18.6 Å². The summed E-state index contributed by atoms with van der Waals surface area (Å²) in [5.74, 6) is -1.57. The maximum atomic E-state index is 14.3. The van der Waals surface area contributed by atoms with Crippen LogP contribution in [-0.2, 0) is 13.6 Å². The monoisotopic (exact) mass is 436 g/mol. The Morgan fingerprint density at radius 1 is 1.19 bits per heavy atom. The Kier molecular flexibility index (Phi) is 6.28. The first-order valence-corrected chi connectivity index (χ1v) is 9.33. The molecule has 0 unspecified atom stereocenters. The van der Waals surface area contributed by atoms with Crippen molar-refractivity contribution < 1.29 is 27.1 Å². The lowest BCUT2D eigenvalue weighted by Gasteiger charge is -2.26. The average molecular weight is 436 g/mol. The number of carbonyl (C=O) groups is 1. The lowest BCUT2D eigenvalue weighted by atomic mass is 10.1. The number of amides is 1. The van der Waals surface area contributed by atoms with E-state index in [-0.39, 0.29) is 35.4 Å². The van der Waals surface area contributed by atoms with E-state index >= 15 is 0 Å². The lowest BCUT2D eigenvalue weighted by molar-refractivity contribution is -0.274. The highest BCUT2D eigenvalue weighted by Gasteiger charge is 2.31. The van der Waals surface area contributed by atoms with Crippen molar-refractivity contribution in [3.05, 3.63) is 66.1 Å². The number of aromatic nitrogens is 3. The fraction of sp³-hybridized carbons (Fsp3) is 0.286. The Labute approximate surface area is 176 Å². The van der Waals surface area contributed by atoms with Gasteiger partial charge in [-0.15, -0.1) is 13.2 Å². The van der Waals surface area contributed by atoms with Gasteiger partial charge in [0.1, 0.15) is 17.3 Å². The van der Waals surface area contributed by atoms with E-state index in [4.69, 9.17) is 0 Å². The molecule has 2 heterocycles. The molecule has 0 bridgehead atoms. The van der Waals surface area contributed by atoms with Crippen molar-refractivity contribution in [2.75, 3.05) is 0 Å². The number of hydrogen-bond donors (Lipinski definition) is 0. The molecule has 1 aromatic carbocycles. The molecule has 0 N–H and O–H groups in total. The first kappa shape index (κ1) is 22.3. The van der Waals surface area contributed by atoms with E-state index in [2.05, 4.69) is 14.7 Å². The van der Waals surface area contributed by atoms with Crippen molar-refractivity contribution in [2.24, 2.45) is 7.05 Å².